The molecule has 0 fully saturated rings. The van der Waals surface area contributed by atoms with Crippen LogP contribution in [0.15, 0.2) is 66.7 Å². The van der Waals surface area contributed by atoms with Gasteiger partial charge in [0.1, 0.15) is 5.75 Å². The fourth-order valence-electron chi connectivity index (χ4n) is 3.43. The first-order chi connectivity index (χ1) is 14.8. The van der Waals surface area contributed by atoms with Gasteiger partial charge in [-0.3, -0.25) is 9.59 Å². The van der Waals surface area contributed by atoms with E-state index in [2.05, 4.69) is 5.32 Å². The molecular formula is C24H20Cl2N2O3. The zero-order valence-corrected chi connectivity index (χ0v) is 18.5. The highest BCUT2D eigenvalue weighted by Crippen LogP contribution is 2.40. The number of carbonyl (C=O) groups is 2. The van der Waals surface area contributed by atoms with Crippen molar-refractivity contribution >= 4 is 46.4 Å². The summed E-state index contributed by atoms with van der Waals surface area (Å²) >= 11 is 12.7. The molecule has 7 heteroatoms. The van der Waals surface area contributed by atoms with Crippen LogP contribution in [0.3, 0.4) is 0 Å². The Morgan fingerprint density at radius 2 is 1.68 bits per heavy atom. The quantitative estimate of drug-likeness (QED) is 0.529. The second-order valence-electron chi connectivity index (χ2n) is 7.71. The van der Waals surface area contributed by atoms with Crippen LogP contribution < -0.4 is 15.0 Å². The summed E-state index contributed by atoms with van der Waals surface area (Å²) in [6.45, 7) is 3.56. The van der Waals surface area contributed by atoms with Crippen molar-refractivity contribution in [2.24, 2.45) is 0 Å². The molecule has 31 heavy (non-hydrogen) atoms. The molecule has 0 radical (unpaired) electrons. The first kappa shape index (κ1) is 21.2. The van der Waals surface area contributed by atoms with Crippen LogP contribution in [0.25, 0.3) is 0 Å². The normalized spacial score (nSPS) is 14.6. The van der Waals surface area contributed by atoms with Crippen molar-refractivity contribution in [3.63, 3.8) is 0 Å². The number of fused-ring (bicyclic) bond motifs is 1. The molecule has 0 bridgehead atoms. The maximum Gasteiger partial charge on any atom is 0.271 e. The first-order valence-corrected chi connectivity index (χ1v) is 10.5. The number of rotatable bonds is 4. The molecule has 1 heterocycles. The summed E-state index contributed by atoms with van der Waals surface area (Å²) in [5.74, 6) is -0.0392. The number of hydrogen-bond donors (Lipinski definition) is 1. The van der Waals surface area contributed by atoms with Crippen LogP contribution in [0, 0.1) is 0 Å². The van der Waals surface area contributed by atoms with Gasteiger partial charge in [-0.25, -0.2) is 0 Å². The summed E-state index contributed by atoms with van der Waals surface area (Å²) in [7, 11) is 0. The average Bonchev–Trinajstić information content (AvgIpc) is 2.73. The van der Waals surface area contributed by atoms with Crippen molar-refractivity contribution in [1.82, 2.24) is 0 Å². The molecule has 3 aromatic carbocycles. The maximum atomic E-state index is 13.2. The maximum absolute atomic E-state index is 13.2. The summed E-state index contributed by atoms with van der Waals surface area (Å²) in [6, 6.07) is 19.4. The van der Waals surface area contributed by atoms with Crippen LogP contribution in [0.4, 0.5) is 11.4 Å². The molecule has 0 aliphatic carbocycles. The molecule has 1 aliphatic rings. The third kappa shape index (κ3) is 4.24. The lowest BCUT2D eigenvalue weighted by molar-refractivity contribution is -0.132. The van der Waals surface area contributed by atoms with Crippen molar-refractivity contribution in [2.75, 3.05) is 10.2 Å². The standard InChI is InChI=1S/C24H20Cl2N2O3/c1-24(2)23(30)28(14-17-18(25)9-6-10-19(17)26)20-13-15(11-12-21(20)31-24)22(29)27-16-7-4-3-5-8-16/h3-13H,14H2,1-2H3,(H,27,29). The topological polar surface area (TPSA) is 58.6 Å². The van der Waals surface area contributed by atoms with Gasteiger partial charge in [-0.15, -0.1) is 0 Å². The SMILES string of the molecule is CC1(C)Oc2ccc(C(=O)Nc3ccccc3)cc2N(Cc2c(Cl)cccc2Cl)C1=O. The van der Waals surface area contributed by atoms with Crippen LogP contribution >= 0.6 is 23.2 Å². The third-order valence-electron chi connectivity index (χ3n) is 5.05. The lowest BCUT2D eigenvalue weighted by atomic mass is 10.0. The second kappa shape index (κ2) is 8.25. The molecule has 0 saturated carbocycles. The van der Waals surface area contributed by atoms with Crippen molar-refractivity contribution in [3.05, 3.63) is 87.9 Å². The van der Waals surface area contributed by atoms with E-state index in [4.69, 9.17) is 27.9 Å². The predicted molar refractivity (Wildman–Crippen MR) is 123 cm³/mol. The number of amides is 2. The Kier molecular flexibility index (Phi) is 5.65. The highest BCUT2D eigenvalue weighted by Gasteiger charge is 2.41. The van der Waals surface area contributed by atoms with Crippen LogP contribution in [0.5, 0.6) is 5.75 Å². The molecule has 0 saturated heterocycles. The summed E-state index contributed by atoms with van der Waals surface area (Å²) in [6.07, 6.45) is 0. The van der Waals surface area contributed by atoms with E-state index in [0.717, 1.165) is 0 Å². The van der Waals surface area contributed by atoms with E-state index in [-0.39, 0.29) is 18.4 Å². The Labute approximate surface area is 190 Å². The number of halogens is 2. The molecule has 3 aromatic rings. The number of carbonyl (C=O) groups excluding carboxylic acids is 2. The first-order valence-electron chi connectivity index (χ1n) is 9.70. The van der Waals surface area contributed by atoms with E-state index >= 15 is 0 Å². The second-order valence-corrected chi connectivity index (χ2v) is 8.52. The summed E-state index contributed by atoms with van der Waals surface area (Å²) in [5.41, 5.74) is 1.12. The van der Waals surface area contributed by atoms with E-state index in [1.165, 1.54) is 0 Å². The van der Waals surface area contributed by atoms with Crippen molar-refractivity contribution in [1.29, 1.82) is 0 Å². The van der Waals surface area contributed by atoms with Gasteiger partial charge in [0.25, 0.3) is 11.8 Å². The molecule has 1 N–H and O–H groups in total. The third-order valence-corrected chi connectivity index (χ3v) is 5.76. The molecule has 0 unspecified atom stereocenters. The molecule has 5 nitrogen and oxygen atoms in total. The van der Waals surface area contributed by atoms with Crippen molar-refractivity contribution < 1.29 is 14.3 Å². The van der Waals surface area contributed by atoms with E-state index in [1.54, 1.807) is 67.3 Å². The van der Waals surface area contributed by atoms with E-state index in [0.29, 0.717) is 38.3 Å². The molecule has 1 aliphatic heterocycles. The number of para-hydroxylation sites is 1. The number of nitrogens with zero attached hydrogens (tertiary/aromatic N) is 1. The van der Waals surface area contributed by atoms with Crippen LogP contribution in [-0.2, 0) is 11.3 Å². The fraction of sp³-hybridized carbons (Fsp3) is 0.167. The Balaban J connectivity index is 1.72. The van der Waals surface area contributed by atoms with E-state index in [9.17, 15) is 9.59 Å². The van der Waals surface area contributed by atoms with Gasteiger partial charge in [0, 0.05) is 26.9 Å². The van der Waals surface area contributed by atoms with Crippen molar-refractivity contribution in [2.45, 2.75) is 26.0 Å². The van der Waals surface area contributed by atoms with Gasteiger partial charge in [0.2, 0.25) is 0 Å². The number of hydrogen-bond acceptors (Lipinski definition) is 3. The zero-order valence-electron chi connectivity index (χ0n) is 17.0. The molecule has 158 valence electrons. The lowest BCUT2D eigenvalue weighted by Crippen LogP contribution is -2.52. The van der Waals surface area contributed by atoms with Crippen LogP contribution in [0.2, 0.25) is 10.0 Å². The number of benzene rings is 3. The summed E-state index contributed by atoms with van der Waals surface area (Å²) < 4.78 is 5.92. The Bertz CT molecular complexity index is 1140. The highest BCUT2D eigenvalue weighted by atomic mass is 35.5. The fourth-order valence-corrected chi connectivity index (χ4v) is 3.95. The molecular weight excluding hydrogens is 435 g/mol. The van der Waals surface area contributed by atoms with E-state index < -0.39 is 5.60 Å². The minimum Gasteiger partial charge on any atom is -0.476 e. The number of ether oxygens (including phenoxy) is 1. The minimum atomic E-state index is -1.07. The molecule has 2 amide bonds. The van der Waals surface area contributed by atoms with Gasteiger partial charge in [-0.2, -0.15) is 0 Å². The minimum absolute atomic E-state index is 0.154. The zero-order chi connectivity index (χ0) is 22.2. The Morgan fingerprint density at radius 3 is 2.35 bits per heavy atom. The lowest BCUT2D eigenvalue weighted by Gasteiger charge is -2.39. The summed E-state index contributed by atoms with van der Waals surface area (Å²) in [4.78, 5) is 27.6. The highest BCUT2D eigenvalue weighted by molar-refractivity contribution is 6.36. The molecule has 0 aromatic heterocycles. The smallest absolute Gasteiger partial charge is 0.271 e. The van der Waals surface area contributed by atoms with Gasteiger partial charge in [0.15, 0.2) is 5.60 Å². The number of anilines is 2. The molecule has 4 rings (SSSR count). The molecule has 0 atom stereocenters. The largest absolute Gasteiger partial charge is 0.476 e. The van der Waals surface area contributed by atoms with Crippen LogP contribution in [-0.4, -0.2) is 17.4 Å². The van der Waals surface area contributed by atoms with Gasteiger partial charge in [-0.1, -0.05) is 47.5 Å². The number of nitrogens with one attached hydrogen (secondary N) is 1. The van der Waals surface area contributed by atoms with Crippen molar-refractivity contribution in [3.8, 4) is 5.75 Å². The van der Waals surface area contributed by atoms with Gasteiger partial charge in [-0.05, 0) is 56.3 Å². The van der Waals surface area contributed by atoms with Gasteiger partial charge < -0.3 is 15.0 Å². The average molecular weight is 455 g/mol. The Hall–Kier alpha value is -3.02. The van der Waals surface area contributed by atoms with E-state index in [1.807, 2.05) is 18.2 Å². The monoisotopic (exact) mass is 454 g/mol. The summed E-state index contributed by atoms with van der Waals surface area (Å²) in [5, 5.41) is 3.77. The van der Waals surface area contributed by atoms with Crippen LogP contribution in [0.1, 0.15) is 29.8 Å². The predicted octanol–water partition coefficient (Wildman–Crippen LogP) is 5.95. The Morgan fingerprint density at radius 1 is 1.00 bits per heavy atom. The van der Waals surface area contributed by atoms with Gasteiger partial charge in [0.05, 0.1) is 12.2 Å². The molecule has 0 spiro atoms. The van der Waals surface area contributed by atoms with Gasteiger partial charge >= 0.3 is 0 Å².